The fraction of sp³-hybridized carbons (Fsp3) is 0.231. The summed E-state index contributed by atoms with van der Waals surface area (Å²) in [5.74, 6) is -0.864. The van der Waals surface area contributed by atoms with Crippen LogP contribution < -0.4 is 5.32 Å². The number of hydrogen-bond donors (Lipinski definition) is 1. The van der Waals surface area contributed by atoms with Gasteiger partial charge in [0.1, 0.15) is 11.9 Å². The molecule has 0 unspecified atom stereocenters. The van der Waals surface area contributed by atoms with Crippen molar-refractivity contribution in [3.63, 3.8) is 0 Å². The maximum atomic E-state index is 13.5. The molecule has 0 heterocycles. The summed E-state index contributed by atoms with van der Waals surface area (Å²) in [5.41, 5.74) is 2.34. The SMILES string of the molecule is CCNC(=O)[C@@H](Cc1ccccc1)N(Cc1ccc(Cl)c(Cl)c1)C(=O)Cc1ccc(F)cc1. The molecule has 1 N–H and O–H groups in total. The van der Waals surface area contributed by atoms with E-state index in [1.807, 2.05) is 37.3 Å². The van der Waals surface area contributed by atoms with Gasteiger partial charge in [0.2, 0.25) is 11.8 Å². The number of likely N-dealkylation sites (N-methyl/N-ethyl adjacent to an activating group) is 1. The molecule has 3 aromatic rings. The lowest BCUT2D eigenvalue weighted by molar-refractivity contribution is -0.140. The monoisotopic (exact) mass is 486 g/mol. The van der Waals surface area contributed by atoms with Crippen molar-refractivity contribution >= 4 is 35.0 Å². The number of rotatable bonds is 9. The Hall–Kier alpha value is -2.89. The Kier molecular flexibility index (Phi) is 8.87. The number of carbonyl (C=O) groups is 2. The molecule has 3 rings (SSSR count). The van der Waals surface area contributed by atoms with Gasteiger partial charge in [-0.1, -0.05) is 71.7 Å². The van der Waals surface area contributed by atoms with Gasteiger partial charge in [0.25, 0.3) is 0 Å². The Balaban J connectivity index is 1.96. The quantitative estimate of drug-likeness (QED) is 0.437. The van der Waals surface area contributed by atoms with Crippen LogP contribution in [-0.4, -0.2) is 29.3 Å². The van der Waals surface area contributed by atoms with E-state index in [0.29, 0.717) is 28.6 Å². The molecule has 0 saturated heterocycles. The fourth-order valence-corrected chi connectivity index (χ4v) is 3.88. The molecule has 3 aromatic carbocycles. The molecule has 0 aliphatic heterocycles. The lowest BCUT2D eigenvalue weighted by atomic mass is 10.0. The average molecular weight is 487 g/mol. The van der Waals surface area contributed by atoms with Gasteiger partial charge in [-0.2, -0.15) is 0 Å². The highest BCUT2D eigenvalue weighted by Crippen LogP contribution is 2.24. The summed E-state index contributed by atoms with van der Waals surface area (Å²) in [6.45, 7) is 2.45. The highest BCUT2D eigenvalue weighted by atomic mass is 35.5. The van der Waals surface area contributed by atoms with Crippen molar-refractivity contribution in [3.8, 4) is 0 Å². The van der Waals surface area contributed by atoms with Gasteiger partial charge in [0, 0.05) is 19.5 Å². The van der Waals surface area contributed by atoms with Gasteiger partial charge in [0.05, 0.1) is 16.5 Å². The van der Waals surface area contributed by atoms with E-state index in [0.717, 1.165) is 11.1 Å². The summed E-state index contributed by atoms with van der Waals surface area (Å²) >= 11 is 12.2. The summed E-state index contributed by atoms with van der Waals surface area (Å²) in [5, 5.41) is 3.63. The van der Waals surface area contributed by atoms with Crippen LogP contribution in [-0.2, 0) is 29.0 Å². The highest BCUT2D eigenvalue weighted by molar-refractivity contribution is 6.42. The predicted octanol–water partition coefficient (Wildman–Crippen LogP) is 5.45. The van der Waals surface area contributed by atoms with E-state index in [-0.39, 0.29) is 30.6 Å². The van der Waals surface area contributed by atoms with Crippen molar-refractivity contribution in [3.05, 3.63) is 105 Å². The molecular formula is C26H25Cl2FN2O2. The maximum Gasteiger partial charge on any atom is 0.243 e. The zero-order valence-electron chi connectivity index (χ0n) is 18.2. The first-order valence-corrected chi connectivity index (χ1v) is 11.4. The third kappa shape index (κ3) is 7.04. The molecule has 4 nitrogen and oxygen atoms in total. The normalized spacial score (nSPS) is 11.6. The van der Waals surface area contributed by atoms with Gasteiger partial charge in [-0.05, 0) is 47.9 Å². The van der Waals surface area contributed by atoms with Crippen LogP contribution in [0.5, 0.6) is 0 Å². The molecule has 0 aliphatic rings. The van der Waals surface area contributed by atoms with Gasteiger partial charge in [0.15, 0.2) is 0 Å². The molecule has 0 bridgehead atoms. The zero-order valence-corrected chi connectivity index (χ0v) is 19.7. The molecule has 0 radical (unpaired) electrons. The Labute approximate surface area is 203 Å². The Morgan fingerprint density at radius 1 is 0.909 bits per heavy atom. The van der Waals surface area contributed by atoms with Gasteiger partial charge in [-0.3, -0.25) is 9.59 Å². The van der Waals surface area contributed by atoms with Crippen molar-refractivity contribution < 1.29 is 14.0 Å². The van der Waals surface area contributed by atoms with Crippen LogP contribution in [0.25, 0.3) is 0 Å². The van der Waals surface area contributed by atoms with Crippen LogP contribution in [0.3, 0.4) is 0 Å². The van der Waals surface area contributed by atoms with Crippen molar-refractivity contribution in [2.45, 2.75) is 32.4 Å². The molecular weight excluding hydrogens is 462 g/mol. The minimum Gasteiger partial charge on any atom is -0.355 e. The molecule has 172 valence electrons. The average Bonchev–Trinajstić information content (AvgIpc) is 2.80. The predicted molar refractivity (Wildman–Crippen MR) is 130 cm³/mol. The molecule has 7 heteroatoms. The lowest BCUT2D eigenvalue weighted by Gasteiger charge is -2.31. The molecule has 2 amide bonds. The summed E-state index contributed by atoms with van der Waals surface area (Å²) in [6, 6.07) is 19.7. The fourth-order valence-electron chi connectivity index (χ4n) is 3.56. The van der Waals surface area contributed by atoms with Crippen molar-refractivity contribution in [1.82, 2.24) is 10.2 Å². The van der Waals surface area contributed by atoms with Crippen LogP contribution >= 0.6 is 23.2 Å². The van der Waals surface area contributed by atoms with Crippen molar-refractivity contribution in [2.75, 3.05) is 6.54 Å². The first kappa shape index (κ1) is 24.7. The lowest BCUT2D eigenvalue weighted by Crippen LogP contribution is -2.50. The van der Waals surface area contributed by atoms with Crippen molar-refractivity contribution in [1.29, 1.82) is 0 Å². The van der Waals surface area contributed by atoms with E-state index in [1.54, 1.807) is 35.2 Å². The molecule has 33 heavy (non-hydrogen) atoms. The smallest absolute Gasteiger partial charge is 0.243 e. The van der Waals surface area contributed by atoms with E-state index in [2.05, 4.69) is 5.32 Å². The van der Waals surface area contributed by atoms with E-state index >= 15 is 0 Å². The molecule has 0 saturated carbocycles. The van der Waals surface area contributed by atoms with E-state index in [9.17, 15) is 14.0 Å². The zero-order chi connectivity index (χ0) is 23.8. The van der Waals surface area contributed by atoms with Gasteiger partial charge in [-0.25, -0.2) is 4.39 Å². The van der Waals surface area contributed by atoms with Crippen molar-refractivity contribution in [2.24, 2.45) is 0 Å². The minimum absolute atomic E-state index is 0.0340. The second-order valence-corrected chi connectivity index (χ2v) is 8.49. The standard InChI is InChI=1S/C26H25Cl2FN2O2/c1-2-30-26(33)24(15-18-6-4-3-5-7-18)31(17-20-10-13-22(27)23(28)14-20)25(32)16-19-8-11-21(29)12-9-19/h3-14,24H,2,15-17H2,1H3,(H,30,33)/t24-/m1/s1. The van der Waals surface area contributed by atoms with Crippen LogP contribution in [0.1, 0.15) is 23.6 Å². The number of nitrogens with one attached hydrogen (secondary N) is 1. The summed E-state index contributed by atoms with van der Waals surface area (Å²) in [7, 11) is 0. The van der Waals surface area contributed by atoms with Gasteiger partial charge in [-0.15, -0.1) is 0 Å². The summed E-state index contributed by atoms with van der Waals surface area (Å²) < 4.78 is 13.3. The van der Waals surface area contributed by atoms with Crippen LogP contribution in [0.4, 0.5) is 4.39 Å². The molecule has 0 fully saturated rings. The number of benzene rings is 3. The third-order valence-electron chi connectivity index (χ3n) is 5.23. The molecule has 0 spiro atoms. The number of nitrogens with zero attached hydrogens (tertiary/aromatic N) is 1. The number of hydrogen-bond acceptors (Lipinski definition) is 2. The number of carbonyl (C=O) groups excluding carboxylic acids is 2. The Bertz CT molecular complexity index is 1090. The Morgan fingerprint density at radius 3 is 2.21 bits per heavy atom. The first-order valence-electron chi connectivity index (χ1n) is 10.7. The molecule has 1 atom stereocenters. The second kappa shape index (κ2) is 11.8. The van der Waals surface area contributed by atoms with Gasteiger partial charge < -0.3 is 10.2 Å². The number of halogens is 3. The largest absolute Gasteiger partial charge is 0.355 e. The topological polar surface area (TPSA) is 49.4 Å². The van der Waals surface area contributed by atoms with E-state index < -0.39 is 6.04 Å². The van der Waals surface area contributed by atoms with Crippen LogP contribution in [0.15, 0.2) is 72.8 Å². The third-order valence-corrected chi connectivity index (χ3v) is 5.97. The summed E-state index contributed by atoms with van der Waals surface area (Å²) in [6.07, 6.45) is 0.384. The van der Waals surface area contributed by atoms with E-state index in [4.69, 9.17) is 23.2 Å². The summed E-state index contributed by atoms with van der Waals surface area (Å²) in [4.78, 5) is 28.1. The number of amides is 2. The Morgan fingerprint density at radius 2 is 1.58 bits per heavy atom. The first-order chi connectivity index (χ1) is 15.9. The maximum absolute atomic E-state index is 13.5. The molecule has 0 aromatic heterocycles. The minimum atomic E-state index is -0.741. The van der Waals surface area contributed by atoms with Crippen LogP contribution in [0.2, 0.25) is 10.0 Å². The highest BCUT2D eigenvalue weighted by Gasteiger charge is 2.30. The van der Waals surface area contributed by atoms with Crippen LogP contribution in [0, 0.1) is 5.82 Å². The second-order valence-electron chi connectivity index (χ2n) is 7.67. The van der Waals surface area contributed by atoms with E-state index in [1.165, 1.54) is 12.1 Å². The van der Waals surface area contributed by atoms with Gasteiger partial charge >= 0.3 is 0 Å². The molecule has 0 aliphatic carbocycles.